The molecule has 0 saturated carbocycles. The van der Waals surface area contributed by atoms with Gasteiger partial charge in [0.1, 0.15) is 6.20 Å². The number of anilines is 3. The third kappa shape index (κ3) is 5.05. The molecule has 27 heavy (non-hydrogen) atoms. The topological polar surface area (TPSA) is 87.4 Å². The maximum absolute atomic E-state index is 11.4. The Morgan fingerprint density at radius 1 is 1.33 bits per heavy atom. The number of nitrogens with zero attached hydrogens (tertiary/aromatic N) is 5. The summed E-state index contributed by atoms with van der Waals surface area (Å²) in [4.78, 5) is 23.7. The molecule has 3 rings (SSSR count). The summed E-state index contributed by atoms with van der Waals surface area (Å²) in [5, 5.41) is 15.1. The molecule has 8 nitrogen and oxygen atoms in total. The Hall–Kier alpha value is -2.45. The van der Waals surface area contributed by atoms with Gasteiger partial charge < -0.3 is 15.1 Å². The third-order valence-electron chi connectivity index (χ3n) is 4.78. The van der Waals surface area contributed by atoms with Gasteiger partial charge in [0.2, 0.25) is 11.8 Å². The first kappa shape index (κ1) is 19.3. The number of benzene rings is 1. The molecule has 1 aromatic carbocycles. The average Bonchev–Trinajstić information content (AvgIpc) is 2.65. The van der Waals surface area contributed by atoms with Crippen molar-refractivity contribution in [3.63, 3.8) is 0 Å². The molecule has 1 aliphatic rings. The van der Waals surface area contributed by atoms with Crippen LogP contribution in [0.15, 0.2) is 30.5 Å². The van der Waals surface area contributed by atoms with Crippen molar-refractivity contribution in [1.29, 1.82) is 0 Å². The molecule has 0 radical (unpaired) electrons. The molecular weight excluding hydrogens is 368 g/mol. The first-order chi connectivity index (χ1) is 12.9. The number of nitrogens with one attached hydrogen (secondary N) is 1. The number of piperidine rings is 1. The van der Waals surface area contributed by atoms with E-state index in [0.29, 0.717) is 22.7 Å². The quantitative estimate of drug-likeness (QED) is 0.595. The minimum absolute atomic E-state index is 0.0907. The largest absolute Gasteiger partial charge is 0.354 e. The van der Waals surface area contributed by atoms with Crippen LogP contribution in [-0.2, 0) is 0 Å². The summed E-state index contributed by atoms with van der Waals surface area (Å²) in [6.07, 6.45) is 3.41. The molecule has 2 heterocycles. The first-order valence-electron chi connectivity index (χ1n) is 8.86. The number of aromatic nitrogens is 2. The first-order valence-corrected chi connectivity index (χ1v) is 9.24. The fraction of sp³-hybridized carbons (Fsp3) is 0.444. The normalized spacial score (nSPS) is 15.5. The zero-order valence-electron chi connectivity index (χ0n) is 15.4. The number of hydrogen-bond acceptors (Lipinski definition) is 7. The summed E-state index contributed by atoms with van der Waals surface area (Å²) < 4.78 is 0. The van der Waals surface area contributed by atoms with Crippen LogP contribution in [0.2, 0.25) is 5.02 Å². The van der Waals surface area contributed by atoms with Crippen molar-refractivity contribution >= 4 is 34.7 Å². The lowest BCUT2D eigenvalue weighted by atomic mass is 9.97. The van der Waals surface area contributed by atoms with Gasteiger partial charge in [-0.05, 0) is 63.2 Å². The van der Waals surface area contributed by atoms with Crippen LogP contribution in [0.25, 0.3) is 0 Å². The van der Waals surface area contributed by atoms with Crippen LogP contribution in [0.3, 0.4) is 0 Å². The Bertz CT molecular complexity index is 793. The highest BCUT2D eigenvalue weighted by molar-refractivity contribution is 6.30. The second kappa shape index (κ2) is 8.49. The Morgan fingerprint density at radius 3 is 2.63 bits per heavy atom. The van der Waals surface area contributed by atoms with Gasteiger partial charge >= 0.3 is 5.69 Å². The van der Waals surface area contributed by atoms with Crippen molar-refractivity contribution in [2.45, 2.75) is 12.8 Å². The minimum Gasteiger partial charge on any atom is -0.354 e. The van der Waals surface area contributed by atoms with Crippen LogP contribution in [0.4, 0.5) is 23.1 Å². The molecule has 1 fully saturated rings. The van der Waals surface area contributed by atoms with Crippen LogP contribution in [-0.4, -0.2) is 53.5 Å². The Morgan fingerprint density at radius 2 is 2.00 bits per heavy atom. The Labute approximate surface area is 163 Å². The van der Waals surface area contributed by atoms with Crippen LogP contribution < -0.4 is 10.2 Å². The van der Waals surface area contributed by atoms with Gasteiger partial charge in [-0.1, -0.05) is 11.6 Å². The van der Waals surface area contributed by atoms with Crippen LogP contribution in [0, 0.1) is 16.0 Å². The van der Waals surface area contributed by atoms with Gasteiger partial charge in [-0.2, -0.15) is 4.98 Å². The van der Waals surface area contributed by atoms with Crippen LogP contribution in [0.1, 0.15) is 12.8 Å². The lowest BCUT2D eigenvalue weighted by Gasteiger charge is -2.31. The summed E-state index contributed by atoms with van der Waals surface area (Å²) in [6.45, 7) is 2.83. The Kier molecular flexibility index (Phi) is 6.08. The van der Waals surface area contributed by atoms with E-state index in [1.807, 2.05) is 11.9 Å². The fourth-order valence-electron chi connectivity index (χ4n) is 3.22. The molecule has 0 bridgehead atoms. The van der Waals surface area contributed by atoms with E-state index in [4.69, 9.17) is 11.6 Å². The molecule has 0 unspecified atom stereocenters. The van der Waals surface area contributed by atoms with Gasteiger partial charge in [-0.3, -0.25) is 10.1 Å². The molecule has 0 amide bonds. The fourth-order valence-corrected chi connectivity index (χ4v) is 3.34. The number of halogens is 1. The molecule has 0 atom stereocenters. The molecule has 1 aromatic heterocycles. The lowest BCUT2D eigenvalue weighted by molar-refractivity contribution is -0.384. The summed E-state index contributed by atoms with van der Waals surface area (Å²) in [5.41, 5.74) is 0.671. The smallest absolute Gasteiger partial charge is 0.329 e. The van der Waals surface area contributed by atoms with Crippen molar-refractivity contribution in [1.82, 2.24) is 14.9 Å². The SMILES string of the molecule is CN1CCC(CN(C)c2nc(Nc3ccc(Cl)cc3)ncc2[N+](=O)[O-])CC1. The minimum atomic E-state index is -0.438. The zero-order valence-corrected chi connectivity index (χ0v) is 16.2. The summed E-state index contributed by atoms with van der Waals surface area (Å²) in [7, 11) is 3.96. The predicted molar refractivity (Wildman–Crippen MR) is 107 cm³/mol. The van der Waals surface area contributed by atoms with E-state index in [-0.39, 0.29) is 5.69 Å². The molecule has 0 spiro atoms. The second-order valence-electron chi connectivity index (χ2n) is 6.92. The number of hydrogen-bond donors (Lipinski definition) is 1. The molecule has 144 valence electrons. The monoisotopic (exact) mass is 390 g/mol. The van der Waals surface area contributed by atoms with E-state index in [1.54, 1.807) is 24.3 Å². The van der Waals surface area contributed by atoms with Crippen molar-refractivity contribution in [2.75, 3.05) is 43.9 Å². The maximum atomic E-state index is 11.4. The van der Waals surface area contributed by atoms with Crippen LogP contribution in [0.5, 0.6) is 0 Å². The van der Waals surface area contributed by atoms with E-state index >= 15 is 0 Å². The summed E-state index contributed by atoms with van der Waals surface area (Å²) in [5.74, 6) is 1.13. The van der Waals surface area contributed by atoms with Crippen molar-refractivity contribution < 1.29 is 4.92 Å². The van der Waals surface area contributed by atoms with E-state index in [2.05, 4.69) is 27.2 Å². The van der Waals surface area contributed by atoms with E-state index in [9.17, 15) is 10.1 Å². The maximum Gasteiger partial charge on any atom is 0.329 e. The van der Waals surface area contributed by atoms with Gasteiger partial charge in [0.05, 0.1) is 4.92 Å². The number of likely N-dealkylation sites (tertiary alicyclic amines) is 1. The molecule has 0 aliphatic carbocycles. The Balaban J connectivity index is 1.78. The highest BCUT2D eigenvalue weighted by Crippen LogP contribution is 2.28. The van der Waals surface area contributed by atoms with Gasteiger partial charge in [0.25, 0.3) is 0 Å². The average molecular weight is 391 g/mol. The number of nitro groups is 1. The van der Waals surface area contributed by atoms with Gasteiger partial charge in [0, 0.05) is 24.3 Å². The van der Waals surface area contributed by atoms with Gasteiger partial charge in [-0.25, -0.2) is 4.98 Å². The van der Waals surface area contributed by atoms with Crippen molar-refractivity contribution in [3.05, 3.63) is 45.6 Å². The second-order valence-corrected chi connectivity index (χ2v) is 7.36. The highest BCUT2D eigenvalue weighted by atomic mass is 35.5. The zero-order chi connectivity index (χ0) is 19.4. The van der Waals surface area contributed by atoms with Crippen molar-refractivity contribution in [3.8, 4) is 0 Å². The van der Waals surface area contributed by atoms with Crippen molar-refractivity contribution in [2.24, 2.45) is 5.92 Å². The van der Waals surface area contributed by atoms with E-state index in [0.717, 1.165) is 38.2 Å². The van der Waals surface area contributed by atoms with Crippen LogP contribution >= 0.6 is 11.6 Å². The standard InChI is InChI=1S/C18H23ClN6O2/c1-23-9-7-13(8-10-23)12-24(2)17-16(25(26)27)11-20-18(22-17)21-15-5-3-14(19)4-6-15/h3-6,11,13H,7-10,12H2,1-2H3,(H,20,21,22). The lowest BCUT2D eigenvalue weighted by Crippen LogP contribution is -2.36. The summed E-state index contributed by atoms with van der Waals surface area (Å²) >= 11 is 5.89. The molecule has 1 saturated heterocycles. The molecule has 2 aromatic rings. The molecule has 1 aliphatic heterocycles. The molecular formula is C18H23ClN6O2. The predicted octanol–water partition coefficient (Wildman–Crippen LogP) is 3.56. The third-order valence-corrected chi connectivity index (χ3v) is 5.03. The molecule has 1 N–H and O–H groups in total. The molecule has 9 heteroatoms. The van der Waals surface area contributed by atoms with Gasteiger partial charge in [-0.15, -0.1) is 0 Å². The summed E-state index contributed by atoms with van der Waals surface area (Å²) in [6, 6.07) is 7.11. The number of rotatable bonds is 6. The highest BCUT2D eigenvalue weighted by Gasteiger charge is 2.24. The van der Waals surface area contributed by atoms with Gasteiger partial charge in [0.15, 0.2) is 0 Å². The van der Waals surface area contributed by atoms with E-state index in [1.165, 1.54) is 6.20 Å². The van der Waals surface area contributed by atoms with E-state index < -0.39 is 4.92 Å².